The highest BCUT2D eigenvalue weighted by Crippen LogP contribution is 2.62. The van der Waals surface area contributed by atoms with Crippen LogP contribution in [0.2, 0.25) is 0 Å². The highest BCUT2D eigenvalue weighted by Gasteiger charge is 2.79. The fourth-order valence-corrected chi connectivity index (χ4v) is 2.69. The minimum atomic E-state index is -3.25. The Bertz CT molecular complexity index is 407. The van der Waals surface area contributed by atoms with Crippen LogP contribution in [0.4, 0.5) is 17.6 Å². The normalized spacial score (nSPS) is 52.4. The highest BCUT2D eigenvalue weighted by atomic mass is 19.2. The van der Waals surface area contributed by atoms with Crippen molar-refractivity contribution in [3.8, 4) is 0 Å². The van der Waals surface area contributed by atoms with Gasteiger partial charge in [-0.15, -0.1) is 0 Å². The highest BCUT2D eigenvalue weighted by molar-refractivity contribution is 5.86. The second-order valence-electron chi connectivity index (χ2n) is 4.21. The quantitative estimate of drug-likeness (QED) is 0.462. The zero-order chi connectivity index (χ0) is 11.0. The van der Waals surface area contributed by atoms with Crippen LogP contribution < -0.4 is 0 Å². The van der Waals surface area contributed by atoms with Crippen LogP contribution in [0.3, 0.4) is 0 Å². The summed E-state index contributed by atoms with van der Waals surface area (Å²) >= 11 is 0. The molecule has 3 aliphatic carbocycles. The largest absolute Gasteiger partial charge is 0.456 e. The molecule has 1 aliphatic heterocycles. The van der Waals surface area contributed by atoms with Crippen molar-refractivity contribution in [2.24, 2.45) is 5.92 Å². The van der Waals surface area contributed by atoms with Gasteiger partial charge in [0.25, 0.3) is 5.67 Å². The van der Waals surface area contributed by atoms with Crippen LogP contribution in [-0.4, -0.2) is 23.4 Å². The van der Waals surface area contributed by atoms with Crippen molar-refractivity contribution in [3.05, 3.63) is 11.7 Å². The van der Waals surface area contributed by atoms with E-state index in [1.54, 1.807) is 0 Å². The molecule has 0 N–H and O–H groups in total. The van der Waals surface area contributed by atoms with Crippen LogP contribution in [-0.2, 0) is 9.53 Å². The fraction of sp³-hybridized carbons (Fsp3) is 0.667. The van der Waals surface area contributed by atoms with Gasteiger partial charge < -0.3 is 4.74 Å². The molecule has 2 nitrogen and oxygen atoms in total. The van der Waals surface area contributed by atoms with Crippen molar-refractivity contribution < 1.29 is 27.1 Å². The van der Waals surface area contributed by atoms with Crippen molar-refractivity contribution in [3.63, 3.8) is 0 Å². The number of alkyl halides is 2. The van der Waals surface area contributed by atoms with E-state index in [0.29, 0.717) is 0 Å². The zero-order valence-corrected chi connectivity index (χ0v) is 7.40. The molecular formula is C9H6F4O2. The first-order chi connectivity index (χ1) is 6.91. The summed E-state index contributed by atoms with van der Waals surface area (Å²) in [4.78, 5) is 11.1. The van der Waals surface area contributed by atoms with Gasteiger partial charge in [-0.25, -0.2) is 22.4 Å². The molecule has 4 aliphatic rings. The summed E-state index contributed by atoms with van der Waals surface area (Å²) in [5.74, 6) is -5.58. The molecule has 0 aromatic rings. The van der Waals surface area contributed by atoms with Gasteiger partial charge in [-0.1, -0.05) is 0 Å². The molecular weight excluding hydrogens is 216 g/mol. The van der Waals surface area contributed by atoms with Gasteiger partial charge in [0.1, 0.15) is 11.9 Å². The average Bonchev–Trinajstić information content (AvgIpc) is 2.34. The maximum absolute atomic E-state index is 14.1. The number of hydrogen-bond acceptors (Lipinski definition) is 2. The van der Waals surface area contributed by atoms with E-state index >= 15 is 0 Å². The number of halogens is 4. The number of carbonyl (C=O) groups excluding carboxylic acids is 1. The third kappa shape index (κ3) is 0.701. The summed E-state index contributed by atoms with van der Waals surface area (Å²) in [5, 5.41) is 0. The lowest BCUT2D eigenvalue weighted by molar-refractivity contribution is -0.150. The standard InChI is InChI=1S/C9H6F4O2/c10-5-3-1-4-9(13,6(5)11)8(12,2-3)7(14)15-4/h3-4H,1-2H2/t3-,4?,8+,9+/m1/s1. The Morgan fingerprint density at radius 3 is 2.60 bits per heavy atom. The van der Waals surface area contributed by atoms with E-state index in [1.807, 2.05) is 0 Å². The summed E-state index contributed by atoms with van der Waals surface area (Å²) in [6, 6.07) is 0. The Balaban J connectivity index is 2.28. The first-order valence-corrected chi connectivity index (χ1v) is 4.56. The Kier molecular flexibility index (Phi) is 1.35. The molecule has 0 amide bonds. The SMILES string of the molecule is O=C1OC2C[C@@H]3C[C@@]1(F)[C@@]2(F)C(F)=C3F. The molecule has 2 fully saturated rings. The molecule has 15 heavy (non-hydrogen) atoms. The van der Waals surface area contributed by atoms with E-state index in [-0.39, 0.29) is 6.42 Å². The summed E-state index contributed by atoms with van der Waals surface area (Å²) in [6.07, 6.45) is -2.38. The second-order valence-corrected chi connectivity index (χ2v) is 4.21. The van der Waals surface area contributed by atoms with E-state index in [9.17, 15) is 22.4 Å². The smallest absolute Gasteiger partial charge is 0.348 e. The lowest BCUT2D eigenvalue weighted by atomic mass is 9.64. The Hall–Kier alpha value is -1.07. The van der Waals surface area contributed by atoms with Crippen LogP contribution in [0.1, 0.15) is 12.8 Å². The number of esters is 1. The summed E-state index contributed by atoms with van der Waals surface area (Å²) in [5.41, 5.74) is -6.29. The van der Waals surface area contributed by atoms with Crippen molar-refractivity contribution in [2.75, 3.05) is 0 Å². The summed E-state index contributed by atoms with van der Waals surface area (Å²) in [6.45, 7) is 0. The van der Waals surface area contributed by atoms with Gasteiger partial charge in [-0.2, -0.15) is 0 Å². The van der Waals surface area contributed by atoms with Crippen molar-refractivity contribution in [1.29, 1.82) is 0 Å². The molecule has 1 heterocycles. The van der Waals surface area contributed by atoms with E-state index in [0.717, 1.165) is 0 Å². The van der Waals surface area contributed by atoms with Crippen LogP contribution in [0.5, 0.6) is 0 Å². The topological polar surface area (TPSA) is 26.3 Å². The summed E-state index contributed by atoms with van der Waals surface area (Å²) < 4.78 is 58.8. The molecule has 4 atom stereocenters. The van der Waals surface area contributed by atoms with Crippen LogP contribution >= 0.6 is 0 Å². The predicted molar refractivity (Wildman–Crippen MR) is 39.5 cm³/mol. The molecule has 1 saturated heterocycles. The number of carbonyl (C=O) groups is 1. The number of rotatable bonds is 0. The van der Waals surface area contributed by atoms with Gasteiger partial charge in [0.05, 0.1) is 0 Å². The van der Waals surface area contributed by atoms with Gasteiger partial charge in [-0.3, -0.25) is 0 Å². The van der Waals surface area contributed by atoms with Crippen molar-refractivity contribution in [1.82, 2.24) is 0 Å². The van der Waals surface area contributed by atoms with Crippen molar-refractivity contribution in [2.45, 2.75) is 30.3 Å². The Morgan fingerprint density at radius 1 is 1.33 bits per heavy atom. The van der Waals surface area contributed by atoms with Gasteiger partial charge in [0.2, 0.25) is 5.67 Å². The zero-order valence-electron chi connectivity index (χ0n) is 7.40. The predicted octanol–water partition coefficient (Wildman–Crippen LogP) is 1.90. The monoisotopic (exact) mass is 222 g/mol. The first-order valence-electron chi connectivity index (χ1n) is 4.56. The van der Waals surface area contributed by atoms with E-state index in [2.05, 4.69) is 4.74 Å². The van der Waals surface area contributed by atoms with Crippen molar-refractivity contribution >= 4 is 5.97 Å². The lowest BCUT2D eigenvalue weighted by Crippen LogP contribution is -2.60. The average molecular weight is 222 g/mol. The lowest BCUT2D eigenvalue weighted by Gasteiger charge is -2.43. The minimum absolute atomic E-state index is 0.187. The molecule has 4 bridgehead atoms. The van der Waals surface area contributed by atoms with Gasteiger partial charge in [0.15, 0.2) is 5.83 Å². The third-order valence-electron chi connectivity index (χ3n) is 3.51. The van der Waals surface area contributed by atoms with Crippen LogP contribution in [0.25, 0.3) is 0 Å². The van der Waals surface area contributed by atoms with Gasteiger partial charge >= 0.3 is 5.97 Å². The van der Waals surface area contributed by atoms with E-state index in [4.69, 9.17) is 0 Å². The Morgan fingerprint density at radius 2 is 2.00 bits per heavy atom. The minimum Gasteiger partial charge on any atom is -0.456 e. The Labute approximate surface area is 81.9 Å². The number of allylic oxidation sites excluding steroid dienone is 1. The second kappa shape index (κ2) is 2.20. The molecule has 4 rings (SSSR count). The maximum atomic E-state index is 14.1. The van der Waals surface area contributed by atoms with Gasteiger partial charge in [-0.05, 0) is 6.42 Å². The number of ether oxygens (including phenoxy) is 1. The third-order valence-corrected chi connectivity index (χ3v) is 3.51. The van der Waals surface area contributed by atoms with E-state index in [1.165, 1.54) is 0 Å². The van der Waals surface area contributed by atoms with E-state index < -0.39 is 47.4 Å². The number of hydrogen-bond donors (Lipinski definition) is 0. The molecule has 0 aromatic carbocycles. The first kappa shape index (κ1) is 9.18. The van der Waals surface area contributed by atoms with Gasteiger partial charge in [0, 0.05) is 12.3 Å². The molecule has 82 valence electrons. The molecule has 0 aromatic heterocycles. The maximum Gasteiger partial charge on any atom is 0.348 e. The molecule has 1 saturated carbocycles. The molecule has 0 spiro atoms. The van der Waals surface area contributed by atoms with Crippen LogP contribution in [0.15, 0.2) is 11.7 Å². The summed E-state index contributed by atoms with van der Waals surface area (Å²) in [7, 11) is 0. The molecule has 0 radical (unpaired) electrons. The molecule has 6 heteroatoms. The fourth-order valence-electron chi connectivity index (χ4n) is 2.69. The molecule has 1 unspecified atom stereocenters. The van der Waals surface area contributed by atoms with Crippen LogP contribution in [0, 0.1) is 5.92 Å².